The first-order chi connectivity index (χ1) is 24.1. The molecule has 0 unspecified atom stereocenters. The Kier molecular flexibility index (Phi) is 13.8. The summed E-state index contributed by atoms with van der Waals surface area (Å²) in [6.07, 6.45) is -1.97. The molecule has 2 aromatic carbocycles. The SMILES string of the molecule is CCN(C(=O)Oc1ccc(CON(O)O)cc1)[C@H]1CN(CCCOC)S(=O)(=O)c2sc(S(=O)(=O)NC(=O)Oc3ccc(CON(O)O)cc3)cc21. The van der Waals surface area contributed by atoms with Crippen LogP contribution >= 0.6 is 11.3 Å². The van der Waals surface area contributed by atoms with E-state index in [1.165, 1.54) is 60.5 Å². The fourth-order valence-corrected chi connectivity index (χ4v) is 9.54. The molecule has 1 aliphatic rings. The van der Waals surface area contributed by atoms with Crippen LogP contribution in [0.25, 0.3) is 0 Å². The van der Waals surface area contributed by atoms with Gasteiger partial charge in [-0.05, 0) is 54.8 Å². The molecular formula is C28H35N5O15S3. The fraction of sp³-hybridized carbons (Fsp3) is 0.357. The van der Waals surface area contributed by atoms with Crippen LogP contribution in [0.3, 0.4) is 0 Å². The van der Waals surface area contributed by atoms with Crippen LogP contribution in [0.2, 0.25) is 0 Å². The van der Waals surface area contributed by atoms with E-state index in [9.17, 15) is 26.4 Å². The number of methoxy groups -OCH3 is 1. The number of nitrogens with one attached hydrogen (secondary N) is 1. The van der Waals surface area contributed by atoms with Gasteiger partial charge in [0.05, 0.1) is 30.0 Å². The number of nitrogens with zero attached hydrogens (tertiary/aromatic N) is 4. The molecule has 1 aromatic heterocycles. The number of hydrogen-bond donors (Lipinski definition) is 5. The average molecular weight is 778 g/mol. The van der Waals surface area contributed by atoms with E-state index in [2.05, 4.69) is 9.68 Å². The molecule has 0 saturated heterocycles. The number of rotatable bonds is 16. The van der Waals surface area contributed by atoms with Crippen LogP contribution < -0.4 is 14.2 Å². The van der Waals surface area contributed by atoms with Crippen molar-refractivity contribution in [2.45, 2.75) is 41.0 Å². The van der Waals surface area contributed by atoms with Crippen molar-refractivity contribution in [1.29, 1.82) is 0 Å². The predicted molar refractivity (Wildman–Crippen MR) is 170 cm³/mol. The number of ether oxygens (including phenoxy) is 3. The van der Waals surface area contributed by atoms with E-state index in [0.29, 0.717) is 28.9 Å². The molecule has 1 atom stereocenters. The summed E-state index contributed by atoms with van der Waals surface area (Å²) < 4.78 is 71.8. The van der Waals surface area contributed by atoms with E-state index < -0.39 is 53.3 Å². The van der Waals surface area contributed by atoms with Gasteiger partial charge in [-0.3, -0.25) is 25.7 Å². The van der Waals surface area contributed by atoms with Crippen molar-refractivity contribution >= 4 is 43.6 Å². The van der Waals surface area contributed by atoms with E-state index in [1.54, 1.807) is 11.6 Å². The topological polar surface area (TPSA) is 254 Å². The molecule has 51 heavy (non-hydrogen) atoms. The van der Waals surface area contributed by atoms with Crippen molar-refractivity contribution < 1.29 is 71.1 Å². The summed E-state index contributed by atoms with van der Waals surface area (Å²) in [6.45, 7) is 1.21. The molecule has 0 fully saturated rings. The molecule has 4 rings (SSSR count). The maximum atomic E-state index is 13.7. The van der Waals surface area contributed by atoms with Gasteiger partial charge in [-0.25, -0.2) is 40.8 Å². The van der Waals surface area contributed by atoms with E-state index in [-0.39, 0.29) is 60.7 Å². The first-order valence-electron chi connectivity index (χ1n) is 14.8. The lowest BCUT2D eigenvalue weighted by Crippen LogP contribution is -2.47. The van der Waals surface area contributed by atoms with Crippen molar-refractivity contribution in [2.75, 3.05) is 33.4 Å². The maximum Gasteiger partial charge on any atom is 0.426 e. The highest BCUT2D eigenvalue weighted by atomic mass is 32.3. The molecule has 0 spiro atoms. The third kappa shape index (κ3) is 10.6. The third-order valence-corrected chi connectivity index (χ3v) is 12.5. The van der Waals surface area contributed by atoms with Gasteiger partial charge < -0.3 is 14.2 Å². The normalized spacial score (nSPS) is 15.8. The fourth-order valence-electron chi connectivity index (χ4n) is 4.80. The Hall–Kier alpha value is -3.82. The predicted octanol–water partition coefficient (Wildman–Crippen LogP) is 2.85. The molecule has 20 nitrogen and oxygen atoms in total. The van der Waals surface area contributed by atoms with Gasteiger partial charge in [-0.2, -0.15) is 4.31 Å². The number of sulfonamides is 2. The van der Waals surface area contributed by atoms with Crippen molar-refractivity contribution in [2.24, 2.45) is 0 Å². The van der Waals surface area contributed by atoms with Crippen LogP contribution in [0.5, 0.6) is 11.5 Å². The van der Waals surface area contributed by atoms with Gasteiger partial charge in [0.1, 0.15) is 19.9 Å². The Morgan fingerprint density at radius 1 is 0.941 bits per heavy atom. The largest absolute Gasteiger partial charge is 0.426 e. The zero-order chi connectivity index (χ0) is 37.3. The summed E-state index contributed by atoms with van der Waals surface area (Å²) in [5.41, 5.74) is 0.963. The zero-order valence-electron chi connectivity index (χ0n) is 27.0. The number of carbonyl (C=O) groups excluding carboxylic acids is 2. The minimum Gasteiger partial charge on any atom is -0.410 e. The summed E-state index contributed by atoms with van der Waals surface area (Å²) in [5, 5.41) is 33.8. The summed E-state index contributed by atoms with van der Waals surface area (Å²) >= 11 is 0.398. The van der Waals surface area contributed by atoms with Crippen LogP contribution in [-0.4, -0.2) is 103 Å². The third-order valence-electron chi connectivity index (χ3n) is 7.16. The smallest absolute Gasteiger partial charge is 0.410 e. The molecule has 0 aliphatic carbocycles. The second-order valence-corrected chi connectivity index (χ2v) is 15.6. The van der Waals surface area contributed by atoms with Crippen LogP contribution in [0.4, 0.5) is 9.59 Å². The van der Waals surface area contributed by atoms with Gasteiger partial charge in [0.15, 0.2) is 0 Å². The second kappa shape index (κ2) is 17.6. The Bertz CT molecular complexity index is 1850. The Balaban J connectivity index is 1.57. The lowest BCUT2D eigenvalue weighted by Gasteiger charge is -2.37. The standard InChI is InChI=1S/C28H35N5O15S3/c1-3-31(28(35)48-22-11-7-20(8-12-22)18-46-33(38)39)24-16-30(13-4-14-44-2)51(42,43)26-23(24)15-25(49-26)50(40,41)29-27(34)47-21-9-5-19(6-10-21)17-45-32(36)37/h5-12,15,24,36-39H,3-4,13-14,16-18H2,1-2H3,(H,29,34)/t24-/m0/s1. The number of fused-ring (bicyclic) bond motifs is 1. The molecule has 1 aliphatic heterocycles. The minimum absolute atomic E-state index is 0.00252. The van der Waals surface area contributed by atoms with Gasteiger partial charge in [-0.1, -0.05) is 24.3 Å². The molecule has 0 saturated carbocycles. The average Bonchev–Trinajstić information content (AvgIpc) is 3.54. The molecule has 280 valence electrons. The van der Waals surface area contributed by atoms with Crippen molar-refractivity contribution in [3.63, 3.8) is 0 Å². The van der Waals surface area contributed by atoms with Gasteiger partial charge in [0, 0.05) is 38.9 Å². The summed E-state index contributed by atoms with van der Waals surface area (Å²) in [7, 11) is -7.50. The van der Waals surface area contributed by atoms with Gasteiger partial charge in [0.25, 0.3) is 20.0 Å². The Morgan fingerprint density at radius 3 is 2.00 bits per heavy atom. The lowest BCUT2D eigenvalue weighted by atomic mass is 10.1. The maximum absolute atomic E-state index is 13.7. The Morgan fingerprint density at radius 2 is 1.49 bits per heavy atom. The molecule has 2 heterocycles. The van der Waals surface area contributed by atoms with E-state index in [4.69, 9.17) is 35.0 Å². The minimum atomic E-state index is -4.70. The highest BCUT2D eigenvalue weighted by molar-refractivity contribution is 7.94. The number of likely N-dealkylation sites (N-methyl/N-ethyl adjacent to an activating group) is 1. The summed E-state index contributed by atoms with van der Waals surface area (Å²) in [5.74, 6) is 0.0343. The monoisotopic (exact) mass is 777 g/mol. The van der Waals surface area contributed by atoms with Crippen molar-refractivity contribution in [1.82, 2.24) is 24.7 Å². The zero-order valence-corrected chi connectivity index (χ0v) is 29.5. The summed E-state index contributed by atoms with van der Waals surface area (Å²) in [4.78, 5) is 36.3. The number of benzene rings is 2. The lowest BCUT2D eigenvalue weighted by molar-refractivity contribution is -0.497. The van der Waals surface area contributed by atoms with Gasteiger partial charge >= 0.3 is 12.2 Å². The quantitative estimate of drug-likeness (QED) is 0.104. The van der Waals surface area contributed by atoms with Crippen LogP contribution in [0, 0.1) is 0 Å². The summed E-state index contributed by atoms with van der Waals surface area (Å²) in [6, 6.07) is 11.4. The first-order valence-corrected chi connectivity index (χ1v) is 18.5. The molecule has 3 aromatic rings. The molecule has 23 heteroatoms. The van der Waals surface area contributed by atoms with E-state index in [1.807, 2.05) is 0 Å². The van der Waals surface area contributed by atoms with E-state index in [0.717, 1.165) is 10.4 Å². The van der Waals surface area contributed by atoms with Gasteiger partial charge in [-0.15, -0.1) is 11.3 Å². The molecule has 5 N–H and O–H groups in total. The van der Waals surface area contributed by atoms with Crippen LogP contribution in [-0.2, 0) is 47.7 Å². The molecule has 0 radical (unpaired) electrons. The van der Waals surface area contributed by atoms with E-state index >= 15 is 0 Å². The number of amides is 2. The highest BCUT2D eigenvalue weighted by Crippen LogP contribution is 2.42. The Labute approximate surface area is 295 Å². The highest BCUT2D eigenvalue weighted by Gasteiger charge is 2.44. The van der Waals surface area contributed by atoms with Crippen LogP contribution in [0.15, 0.2) is 63.0 Å². The van der Waals surface area contributed by atoms with Crippen molar-refractivity contribution in [3.8, 4) is 11.5 Å². The van der Waals surface area contributed by atoms with Crippen molar-refractivity contribution in [3.05, 3.63) is 71.3 Å². The molecule has 2 amide bonds. The number of thiophene rings is 1. The first kappa shape index (κ1) is 40.0. The molecular weight excluding hydrogens is 743 g/mol. The number of hydrogen-bond acceptors (Lipinski definition) is 18. The van der Waals surface area contributed by atoms with Crippen LogP contribution in [0.1, 0.15) is 36.1 Å². The number of carbonyl (C=O) groups is 2. The van der Waals surface area contributed by atoms with Gasteiger partial charge in [0.2, 0.25) is 0 Å². The second-order valence-electron chi connectivity index (χ2n) is 10.5. The molecule has 0 bridgehead atoms.